The molecular weight excluding hydrogens is 368 g/mol. The number of hydrogen-bond acceptors (Lipinski definition) is 3. The fraction of sp³-hybridized carbons (Fsp3) is 0.304. The monoisotopic (exact) mass is 392 g/mol. The van der Waals surface area contributed by atoms with Crippen molar-refractivity contribution >= 4 is 34.3 Å². The van der Waals surface area contributed by atoms with Crippen LogP contribution in [0.2, 0.25) is 5.02 Å². The molecule has 0 atom stereocenters. The summed E-state index contributed by atoms with van der Waals surface area (Å²) in [6.45, 7) is 4.28. The van der Waals surface area contributed by atoms with Crippen molar-refractivity contribution in [3.63, 3.8) is 0 Å². The molecule has 28 heavy (non-hydrogen) atoms. The number of nitrogens with one attached hydrogen (secondary N) is 1. The van der Waals surface area contributed by atoms with E-state index in [-0.39, 0.29) is 0 Å². The van der Waals surface area contributed by atoms with Crippen molar-refractivity contribution in [1.82, 2.24) is 14.9 Å². The highest BCUT2D eigenvalue weighted by Gasteiger charge is 2.26. The molecule has 4 nitrogen and oxygen atoms in total. The third kappa shape index (κ3) is 3.50. The second-order valence-electron chi connectivity index (χ2n) is 7.25. The zero-order valence-corrected chi connectivity index (χ0v) is 17.1. The molecule has 0 unspecified atom stereocenters. The lowest BCUT2D eigenvalue weighted by molar-refractivity contribution is 0.461. The smallest absolute Gasteiger partial charge is 0.0721 e. The SMILES string of the molecule is CN=C/C=C(\C)c1c(C2CCNCC2)c2ccncc2n1-c1ccc(Cl)cc1. The van der Waals surface area contributed by atoms with E-state index in [1.165, 1.54) is 22.2 Å². The van der Waals surface area contributed by atoms with Gasteiger partial charge in [-0.3, -0.25) is 9.98 Å². The predicted octanol–water partition coefficient (Wildman–Crippen LogP) is 5.25. The summed E-state index contributed by atoms with van der Waals surface area (Å²) in [6.07, 6.45) is 10.1. The first-order valence-corrected chi connectivity index (χ1v) is 10.1. The van der Waals surface area contributed by atoms with Gasteiger partial charge in [0.05, 0.1) is 17.4 Å². The van der Waals surface area contributed by atoms with Gasteiger partial charge in [0.1, 0.15) is 0 Å². The number of benzene rings is 1. The van der Waals surface area contributed by atoms with Gasteiger partial charge in [-0.1, -0.05) is 11.6 Å². The lowest BCUT2D eigenvalue weighted by Crippen LogP contribution is -2.27. The largest absolute Gasteiger partial charge is 0.317 e. The van der Waals surface area contributed by atoms with E-state index >= 15 is 0 Å². The number of pyridine rings is 1. The van der Waals surface area contributed by atoms with Crippen LogP contribution in [0.5, 0.6) is 0 Å². The molecule has 3 aromatic rings. The maximum atomic E-state index is 6.16. The van der Waals surface area contributed by atoms with Crippen molar-refractivity contribution in [2.24, 2.45) is 4.99 Å². The van der Waals surface area contributed by atoms with Crippen LogP contribution in [-0.2, 0) is 0 Å². The van der Waals surface area contributed by atoms with Crippen LogP contribution in [0, 0.1) is 0 Å². The maximum Gasteiger partial charge on any atom is 0.0721 e. The maximum absolute atomic E-state index is 6.16. The topological polar surface area (TPSA) is 42.2 Å². The molecule has 1 fully saturated rings. The summed E-state index contributed by atoms with van der Waals surface area (Å²) in [5, 5.41) is 5.52. The zero-order valence-electron chi connectivity index (χ0n) is 16.3. The highest BCUT2D eigenvalue weighted by atomic mass is 35.5. The van der Waals surface area contributed by atoms with Gasteiger partial charge in [0, 0.05) is 35.6 Å². The molecule has 2 aromatic heterocycles. The van der Waals surface area contributed by atoms with E-state index in [0.29, 0.717) is 5.92 Å². The number of rotatable bonds is 4. The minimum atomic E-state index is 0.525. The van der Waals surface area contributed by atoms with Gasteiger partial charge in [0.2, 0.25) is 0 Å². The van der Waals surface area contributed by atoms with Crippen molar-refractivity contribution < 1.29 is 0 Å². The quantitative estimate of drug-likeness (QED) is 0.616. The average Bonchev–Trinajstić information content (AvgIpc) is 3.08. The Balaban J connectivity index is 2.04. The highest BCUT2D eigenvalue weighted by Crippen LogP contribution is 2.40. The molecule has 5 heteroatoms. The highest BCUT2D eigenvalue weighted by molar-refractivity contribution is 6.30. The van der Waals surface area contributed by atoms with Gasteiger partial charge in [-0.25, -0.2) is 0 Å². The van der Waals surface area contributed by atoms with E-state index < -0.39 is 0 Å². The Morgan fingerprint density at radius 3 is 2.68 bits per heavy atom. The first kappa shape index (κ1) is 18.9. The van der Waals surface area contributed by atoms with E-state index in [2.05, 4.69) is 51.1 Å². The first-order valence-electron chi connectivity index (χ1n) is 9.75. The van der Waals surface area contributed by atoms with Crippen molar-refractivity contribution in [3.8, 4) is 5.69 Å². The van der Waals surface area contributed by atoms with Crippen molar-refractivity contribution in [2.45, 2.75) is 25.7 Å². The number of piperidine rings is 1. The number of aliphatic imine (C=N–C) groups is 1. The number of aromatic nitrogens is 2. The molecule has 0 radical (unpaired) electrons. The Hall–Kier alpha value is -2.43. The standard InChI is InChI=1S/C23H25ClN4/c1-16(7-11-25-2)23-22(17-8-12-26-13-9-17)20-10-14-27-15-21(20)28(23)19-5-3-18(24)4-6-19/h3-7,10-11,14-15,17,26H,8-9,12-13H2,1-2H3/b16-7+,25-11?. The molecule has 4 rings (SSSR count). The Kier molecular flexibility index (Phi) is 5.60. The molecule has 3 heterocycles. The summed E-state index contributed by atoms with van der Waals surface area (Å²) < 4.78 is 2.32. The molecule has 1 aliphatic rings. The Labute approximate surface area is 171 Å². The molecule has 1 aromatic carbocycles. The Morgan fingerprint density at radius 1 is 1.21 bits per heavy atom. The van der Waals surface area contributed by atoms with E-state index in [1.54, 1.807) is 7.05 Å². The van der Waals surface area contributed by atoms with Crippen molar-refractivity contribution in [2.75, 3.05) is 20.1 Å². The van der Waals surface area contributed by atoms with Gasteiger partial charge in [-0.2, -0.15) is 0 Å². The predicted molar refractivity (Wildman–Crippen MR) is 119 cm³/mol. The van der Waals surface area contributed by atoms with Crippen LogP contribution >= 0.6 is 11.6 Å². The third-order valence-electron chi connectivity index (χ3n) is 5.49. The molecule has 0 saturated carbocycles. The Morgan fingerprint density at radius 2 is 1.96 bits per heavy atom. The molecule has 0 aliphatic carbocycles. The number of fused-ring (bicyclic) bond motifs is 1. The fourth-order valence-corrected chi connectivity index (χ4v) is 4.32. The van der Waals surface area contributed by atoms with Crippen LogP contribution in [-0.4, -0.2) is 35.9 Å². The molecule has 0 bridgehead atoms. The number of nitrogens with zero attached hydrogens (tertiary/aromatic N) is 3. The summed E-state index contributed by atoms with van der Waals surface area (Å²) in [5.41, 5.74) is 6.10. The zero-order chi connectivity index (χ0) is 19.5. The van der Waals surface area contributed by atoms with E-state index in [4.69, 9.17) is 11.6 Å². The van der Waals surface area contributed by atoms with Crippen LogP contribution in [0.1, 0.15) is 36.9 Å². The summed E-state index contributed by atoms with van der Waals surface area (Å²) >= 11 is 6.16. The van der Waals surface area contributed by atoms with Gasteiger partial charge in [-0.05, 0) is 86.3 Å². The average molecular weight is 393 g/mol. The lowest BCUT2D eigenvalue weighted by Gasteiger charge is -2.24. The van der Waals surface area contributed by atoms with Crippen LogP contribution in [0.15, 0.2) is 53.8 Å². The molecular formula is C23H25ClN4. The first-order chi connectivity index (χ1) is 13.7. The van der Waals surface area contributed by atoms with Gasteiger partial charge >= 0.3 is 0 Å². The van der Waals surface area contributed by atoms with Crippen LogP contribution in [0.4, 0.5) is 0 Å². The minimum Gasteiger partial charge on any atom is -0.317 e. The van der Waals surface area contributed by atoms with Gasteiger partial charge in [-0.15, -0.1) is 0 Å². The molecule has 1 N–H and O–H groups in total. The van der Waals surface area contributed by atoms with E-state index in [9.17, 15) is 0 Å². The lowest BCUT2D eigenvalue weighted by atomic mass is 9.87. The minimum absolute atomic E-state index is 0.525. The fourth-order valence-electron chi connectivity index (χ4n) is 4.20. The second-order valence-corrected chi connectivity index (χ2v) is 7.68. The van der Waals surface area contributed by atoms with Gasteiger partial charge in [0.25, 0.3) is 0 Å². The molecule has 0 spiro atoms. The normalized spacial score (nSPS) is 16.3. The van der Waals surface area contributed by atoms with Crippen LogP contribution in [0.25, 0.3) is 22.2 Å². The summed E-state index contributed by atoms with van der Waals surface area (Å²) in [4.78, 5) is 8.59. The molecule has 144 valence electrons. The number of hydrogen-bond donors (Lipinski definition) is 1. The molecule has 1 aliphatic heterocycles. The Bertz CT molecular complexity index is 1020. The summed E-state index contributed by atoms with van der Waals surface area (Å²) in [7, 11) is 1.80. The van der Waals surface area contributed by atoms with E-state index in [1.807, 2.05) is 30.7 Å². The van der Waals surface area contributed by atoms with Crippen LogP contribution in [0.3, 0.4) is 0 Å². The van der Waals surface area contributed by atoms with Gasteiger partial charge < -0.3 is 9.88 Å². The molecule has 1 saturated heterocycles. The molecule has 0 amide bonds. The number of halogens is 1. The van der Waals surface area contributed by atoms with Gasteiger partial charge in [0.15, 0.2) is 0 Å². The number of allylic oxidation sites excluding steroid dienone is 2. The van der Waals surface area contributed by atoms with E-state index in [0.717, 1.165) is 42.2 Å². The van der Waals surface area contributed by atoms with Crippen molar-refractivity contribution in [1.29, 1.82) is 0 Å². The van der Waals surface area contributed by atoms with Crippen molar-refractivity contribution in [3.05, 3.63) is 65.1 Å². The summed E-state index contributed by atoms with van der Waals surface area (Å²) in [5.74, 6) is 0.525. The second kappa shape index (κ2) is 8.29. The third-order valence-corrected chi connectivity index (χ3v) is 5.74. The van der Waals surface area contributed by atoms with Crippen LogP contribution < -0.4 is 5.32 Å². The summed E-state index contributed by atoms with van der Waals surface area (Å²) in [6, 6.07) is 10.2.